The fraction of sp³-hybridized carbons (Fsp3) is 0. The van der Waals surface area contributed by atoms with Crippen LogP contribution in [0.15, 0.2) is 107 Å². The Hall–Kier alpha value is -5.44. The first kappa shape index (κ1) is 36.4. The van der Waals surface area contributed by atoms with Gasteiger partial charge in [0.1, 0.15) is 15.8 Å². The summed E-state index contributed by atoms with van der Waals surface area (Å²) >= 11 is 12.2. The highest BCUT2D eigenvalue weighted by Gasteiger charge is 2.21. The molecule has 0 saturated carbocycles. The third kappa shape index (κ3) is 9.66. The lowest BCUT2D eigenvalue weighted by atomic mass is 10.1. The van der Waals surface area contributed by atoms with Crippen LogP contribution < -0.4 is 21.3 Å². The van der Waals surface area contributed by atoms with Gasteiger partial charge in [-0.25, -0.2) is 0 Å². The van der Waals surface area contributed by atoms with Crippen molar-refractivity contribution < 1.29 is 26.6 Å². The molecule has 6 aromatic rings. The molecule has 4 aromatic carbocycles. The molecule has 0 aliphatic rings. The molecule has 0 unspecified atom stereocenters. The second-order valence-electron chi connectivity index (χ2n) is 10.6. The molecule has 0 atom stereocenters. The Bertz CT molecular complexity index is 2370. The molecule has 52 heavy (non-hydrogen) atoms. The van der Waals surface area contributed by atoms with Crippen molar-refractivity contribution >= 4 is 103 Å². The summed E-state index contributed by atoms with van der Waals surface area (Å²) in [5.41, 5.74) is 1.94. The predicted molar refractivity (Wildman–Crippen MR) is 201 cm³/mol. The third-order valence-corrected chi connectivity index (χ3v) is 9.02. The van der Waals surface area contributed by atoms with Crippen LogP contribution in [0.1, 0.15) is 11.1 Å². The smallest absolute Gasteiger partial charge is 0.295 e. The summed E-state index contributed by atoms with van der Waals surface area (Å²) in [5.74, 6) is 0.254. The van der Waals surface area contributed by atoms with E-state index in [0.29, 0.717) is 11.4 Å². The molecular formula is C32H26Cl2N10O6S2. The molecule has 2 aromatic heterocycles. The van der Waals surface area contributed by atoms with Crippen molar-refractivity contribution in [3.8, 4) is 0 Å². The number of benzene rings is 4. The van der Waals surface area contributed by atoms with Gasteiger partial charge in [-0.1, -0.05) is 60.7 Å². The van der Waals surface area contributed by atoms with Crippen LogP contribution >= 0.6 is 34.1 Å². The number of nitrogens with one attached hydrogen (secondary N) is 4. The summed E-state index contributed by atoms with van der Waals surface area (Å²) in [5, 5.41) is 11.4. The van der Waals surface area contributed by atoms with Crippen molar-refractivity contribution in [3.63, 3.8) is 0 Å². The average Bonchev–Trinajstić information content (AvgIpc) is 3.07. The molecule has 0 aliphatic heterocycles. The van der Waals surface area contributed by atoms with Gasteiger partial charge >= 0.3 is 0 Å². The zero-order valence-corrected chi connectivity index (χ0v) is 29.4. The molecule has 8 N–H and O–H groups in total. The van der Waals surface area contributed by atoms with Crippen molar-refractivity contribution in [1.29, 1.82) is 0 Å². The van der Waals surface area contributed by atoms with E-state index in [4.69, 9.17) is 23.2 Å². The van der Waals surface area contributed by atoms with Crippen LogP contribution in [0.2, 0.25) is 10.6 Å². The highest BCUT2D eigenvalue weighted by Crippen LogP contribution is 2.47. The minimum Gasteiger partial charge on any atom is -0.324 e. The van der Waals surface area contributed by atoms with Gasteiger partial charge in [-0.05, 0) is 82.9 Å². The summed E-state index contributed by atoms with van der Waals surface area (Å²) < 4.78 is 65.8. The van der Waals surface area contributed by atoms with Crippen molar-refractivity contribution in [2.75, 3.05) is 21.3 Å². The zero-order valence-electron chi connectivity index (χ0n) is 26.3. The van der Waals surface area contributed by atoms with Crippen LogP contribution in [0.3, 0.4) is 0 Å². The predicted octanol–water partition coefficient (Wildman–Crippen LogP) is 8.34. The summed E-state index contributed by atoms with van der Waals surface area (Å²) in [4.78, 5) is 23.9. The van der Waals surface area contributed by atoms with Crippen LogP contribution in [0.4, 0.5) is 46.5 Å². The minimum absolute atomic E-state index is 0.0108. The van der Waals surface area contributed by atoms with Crippen LogP contribution in [-0.2, 0) is 10.1 Å². The summed E-state index contributed by atoms with van der Waals surface area (Å²) in [6.45, 7) is 0. The standard InChI is InChI=1S/C32H26Cl2N10O6S2/c33-27-39-29(35-21-7-3-1-4-8-21)43-31(41-27)37-23-15-13-19(25(17-23)51(45,46)47)11-12-20-14-16-24(18-26(20)52(48,49)50)38-32-42-28(34)40-30(44-32)36-22-9-5-2-6-10-22/h1-18,45-47H,(H,48,49,50)(H2,35,37,39,41,43)(H2,36,38,40,42,44). The van der Waals surface area contributed by atoms with Crippen molar-refractivity contribution in [1.82, 2.24) is 29.9 Å². The lowest BCUT2D eigenvalue weighted by molar-refractivity contribution is 0.376. The van der Waals surface area contributed by atoms with Gasteiger partial charge in [-0.15, -0.1) is 0 Å². The molecule has 0 spiro atoms. The Labute approximate surface area is 308 Å². The molecular weight excluding hydrogens is 755 g/mol. The van der Waals surface area contributed by atoms with Crippen LogP contribution in [-0.4, -0.2) is 56.5 Å². The van der Waals surface area contributed by atoms with E-state index in [-0.39, 0.29) is 61.8 Å². The van der Waals surface area contributed by atoms with Gasteiger partial charge in [0.2, 0.25) is 34.4 Å². The molecule has 0 amide bonds. The number of rotatable bonds is 12. The van der Waals surface area contributed by atoms with Gasteiger partial charge in [0.25, 0.3) is 10.1 Å². The number of aromatic nitrogens is 6. The third-order valence-electron chi connectivity index (χ3n) is 6.83. The van der Waals surface area contributed by atoms with Gasteiger partial charge in [-0.2, -0.15) is 38.3 Å². The van der Waals surface area contributed by atoms with Gasteiger partial charge < -0.3 is 34.9 Å². The topological polar surface area (TPSA) is 241 Å². The van der Waals surface area contributed by atoms with Gasteiger partial charge in [0.05, 0.1) is 4.90 Å². The molecule has 20 heteroatoms. The highest BCUT2D eigenvalue weighted by atomic mass is 35.5. The lowest BCUT2D eigenvalue weighted by Gasteiger charge is -2.22. The number of para-hydroxylation sites is 2. The first-order chi connectivity index (χ1) is 24.8. The summed E-state index contributed by atoms with van der Waals surface area (Å²) in [7, 11) is -9.10. The van der Waals surface area contributed by atoms with E-state index < -0.39 is 25.9 Å². The average molecular weight is 782 g/mol. The second-order valence-corrected chi connectivity index (χ2v) is 14.1. The maximum Gasteiger partial charge on any atom is 0.295 e. The largest absolute Gasteiger partial charge is 0.324 e. The molecule has 266 valence electrons. The lowest BCUT2D eigenvalue weighted by Crippen LogP contribution is -2.06. The minimum atomic E-state index is -4.79. The molecule has 0 bridgehead atoms. The number of hydrogen-bond donors (Lipinski definition) is 8. The molecule has 16 nitrogen and oxygen atoms in total. The van der Waals surface area contributed by atoms with E-state index in [1.165, 1.54) is 42.5 Å². The Morgan fingerprint density at radius 3 is 1.23 bits per heavy atom. The van der Waals surface area contributed by atoms with Gasteiger partial charge in [0, 0.05) is 22.7 Å². The highest BCUT2D eigenvalue weighted by molar-refractivity contribution is 8.19. The molecule has 0 fully saturated rings. The summed E-state index contributed by atoms with van der Waals surface area (Å²) in [6, 6.07) is 26.4. The zero-order chi connectivity index (χ0) is 36.9. The first-order valence-electron chi connectivity index (χ1n) is 14.7. The maximum absolute atomic E-state index is 12.4. The fourth-order valence-electron chi connectivity index (χ4n) is 4.62. The maximum atomic E-state index is 12.4. The van der Waals surface area contributed by atoms with Crippen molar-refractivity contribution in [2.24, 2.45) is 0 Å². The number of nitrogens with zero attached hydrogens (tertiary/aromatic N) is 6. The van der Waals surface area contributed by atoms with Crippen molar-refractivity contribution in [3.05, 3.63) is 119 Å². The molecule has 6 rings (SSSR count). The summed E-state index contributed by atoms with van der Waals surface area (Å²) in [6.07, 6.45) is 2.63. The van der Waals surface area contributed by atoms with E-state index in [0.717, 1.165) is 6.07 Å². The quantitative estimate of drug-likeness (QED) is 0.0430. The molecule has 0 saturated heterocycles. The monoisotopic (exact) mass is 780 g/mol. The second kappa shape index (κ2) is 15.4. The Morgan fingerprint density at radius 2 is 0.846 bits per heavy atom. The van der Waals surface area contributed by atoms with E-state index in [1.54, 1.807) is 24.3 Å². The van der Waals surface area contributed by atoms with E-state index in [2.05, 4.69) is 51.2 Å². The van der Waals surface area contributed by atoms with E-state index in [9.17, 15) is 26.6 Å². The fourth-order valence-corrected chi connectivity index (χ4v) is 6.39. The first-order valence-corrected chi connectivity index (χ1v) is 18.4. The van der Waals surface area contributed by atoms with Crippen molar-refractivity contribution in [2.45, 2.75) is 9.79 Å². The molecule has 0 radical (unpaired) electrons. The van der Waals surface area contributed by atoms with Crippen LogP contribution in [0.5, 0.6) is 0 Å². The number of halogens is 2. The van der Waals surface area contributed by atoms with Crippen LogP contribution in [0, 0.1) is 0 Å². The Balaban J connectivity index is 1.24. The van der Waals surface area contributed by atoms with E-state index in [1.807, 2.05) is 36.4 Å². The number of anilines is 8. The number of hydrogen-bond acceptors (Lipinski definition) is 15. The Morgan fingerprint density at radius 1 is 0.481 bits per heavy atom. The van der Waals surface area contributed by atoms with Gasteiger partial charge in [-0.3, -0.25) is 4.55 Å². The van der Waals surface area contributed by atoms with Gasteiger partial charge in [0.15, 0.2) is 0 Å². The molecule has 2 heterocycles. The normalized spacial score (nSPS) is 12.0. The SMILES string of the molecule is O=S(=O)(O)c1cc(Nc2nc(Cl)nc(Nc3ccccc3)n2)ccc1C=Cc1ccc(Nc2nc(Cl)nc(Nc3ccccc3)n2)cc1S(O)(O)O. The van der Waals surface area contributed by atoms with Crippen LogP contribution in [0.25, 0.3) is 12.2 Å². The molecule has 0 aliphatic carbocycles. The van der Waals surface area contributed by atoms with E-state index >= 15 is 0 Å². The Kier molecular flexibility index (Phi) is 10.8.